The number of hydrogen-bond acceptors (Lipinski definition) is 5. The Morgan fingerprint density at radius 2 is 2.11 bits per heavy atom. The maximum Gasteiger partial charge on any atom is 0.197 e. The predicted octanol–water partition coefficient (Wildman–Crippen LogP) is 2.91. The molecule has 0 amide bonds. The second-order valence-corrected chi connectivity index (χ2v) is 5.87. The summed E-state index contributed by atoms with van der Waals surface area (Å²) in [7, 11) is 0. The maximum atomic E-state index is 6.02. The van der Waals surface area contributed by atoms with Crippen LogP contribution in [-0.4, -0.2) is 24.7 Å². The lowest BCUT2D eigenvalue weighted by atomic mass is 10.2. The van der Waals surface area contributed by atoms with Gasteiger partial charge in [-0.15, -0.1) is 10.2 Å². The first kappa shape index (κ1) is 12.9. The summed E-state index contributed by atoms with van der Waals surface area (Å²) in [6, 6.07) is 0. The lowest BCUT2D eigenvalue weighted by Gasteiger charge is -2.07. The van der Waals surface area contributed by atoms with Gasteiger partial charge in [0.25, 0.3) is 0 Å². The zero-order chi connectivity index (χ0) is 13.2. The third-order valence-electron chi connectivity index (χ3n) is 3.24. The Kier molecular flexibility index (Phi) is 3.70. The predicted molar refractivity (Wildman–Crippen MR) is 73.5 cm³/mol. The van der Waals surface area contributed by atoms with E-state index in [1.165, 1.54) is 37.4 Å². The second kappa shape index (κ2) is 5.46. The van der Waals surface area contributed by atoms with Gasteiger partial charge in [0.1, 0.15) is 22.3 Å². The molecular weight excluding hydrogens is 282 g/mol. The van der Waals surface area contributed by atoms with Crippen LogP contribution in [0, 0.1) is 6.92 Å². The largest absolute Gasteiger partial charge is 0.306 e. The van der Waals surface area contributed by atoms with Gasteiger partial charge >= 0.3 is 0 Å². The van der Waals surface area contributed by atoms with Gasteiger partial charge in [0.2, 0.25) is 0 Å². The van der Waals surface area contributed by atoms with Crippen LogP contribution < -0.4 is 0 Å². The molecule has 2 aromatic rings. The fourth-order valence-electron chi connectivity index (χ4n) is 2.14. The Hall–Kier alpha value is -1.14. The molecule has 0 saturated carbocycles. The molecule has 0 N–H and O–H groups in total. The Bertz CT molecular complexity index is 598. The fraction of sp³-hybridized carbons (Fsp3) is 0.500. The van der Waals surface area contributed by atoms with Gasteiger partial charge in [-0.2, -0.15) is 0 Å². The van der Waals surface area contributed by atoms with Crippen LogP contribution in [0.15, 0.2) is 16.5 Å². The monoisotopic (exact) mass is 295 g/mol. The smallest absolute Gasteiger partial charge is 0.197 e. The topological polar surface area (TPSA) is 56.5 Å². The summed E-state index contributed by atoms with van der Waals surface area (Å²) >= 11 is 7.53. The Labute approximate surface area is 120 Å². The van der Waals surface area contributed by atoms with E-state index in [0.29, 0.717) is 5.15 Å². The van der Waals surface area contributed by atoms with Gasteiger partial charge in [-0.3, -0.25) is 0 Å². The minimum atomic E-state index is 0.494. The van der Waals surface area contributed by atoms with Crippen molar-refractivity contribution in [3.8, 4) is 0 Å². The molecule has 3 rings (SSSR count). The summed E-state index contributed by atoms with van der Waals surface area (Å²) < 4.78 is 2.20. The molecule has 0 aromatic carbocycles. The van der Waals surface area contributed by atoms with Crippen molar-refractivity contribution in [2.75, 3.05) is 0 Å². The molecule has 1 aliphatic heterocycles. The molecule has 0 spiro atoms. The van der Waals surface area contributed by atoms with Gasteiger partial charge in [-0.05, 0) is 31.5 Å². The van der Waals surface area contributed by atoms with Crippen LogP contribution in [0.3, 0.4) is 0 Å². The molecule has 0 fully saturated rings. The first-order valence-electron chi connectivity index (χ1n) is 6.33. The highest BCUT2D eigenvalue weighted by atomic mass is 35.5. The fourth-order valence-corrected chi connectivity index (χ4v) is 3.24. The third kappa shape index (κ3) is 2.60. The standard InChI is InChI=1S/C12H14ClN5S/c1-8-10(13)14-7-15-11(8)19-12-17-16-9-5-3-2-4-6-18(9)12/h7H,2-6H2,1H3. The number of nitrogens with zero attached hydrogens (tertiary/aromatic N) is 5. The van der Waals surface area contributed by atoms with Crippen LogP contribution in [0.4, 0.5) is 0 Å². The third-order valence-corrected chi connectivity index (χ3v) is 4.71. The molecule has 0 saturated heterocycles. The summed E-state index contributed by atoms with van der Waals surface area (Å²) in [5.74, 6) is 1.08. The van der Waals surface area contributed by atoms with Crippen LogP contribution in [0.1, 0.15) is 30.7 Å². The van der Waals surface area contributed by atoms with Gasteiger partial charge in [0.05, 0.1) is 0 Å². The van der Waals surface area contributed by atoms with E-state index in [9.17, 15) is 0 Å². The molecule has 0 unspecified atom stereocenters. The summed E-state index contributed by atoms with van der Waals surface area (Å²) in [6.07, 6.45) is 6.13. The zero-order valence-electron chi connectivity index (χ0n) is 10.6. The first-order valence-corrected chi connectivity index (χ1v) is 7.52. The molecule has 0 aliphatic carbocycles. The first-order chi connectivity index (χ1) is 9.25. The van der Waals surface area contributed by atoms with Gasteiger partial charge in [0, 0.05) is 18.5 Å². The van der Waals surface area contributed by atoms with Crippen molar-refractivity contribution >= 4 is 23.4 Å². The lowest BCUT2D eigenvalue weighted by Crippen LogP contribution is -2.02. The van der Waals surface area contributed by atoms with Gasteiger partial charge in [-0.1, -0.05) is 18.0 Å². The zero-order valence-corrected chi connectivity index (χ0v) is 12.2. The molecule has 1 aliphatic rings. The molecule has 7 heteroatoms. The van der Waals surface area contributed by atoms with Crippen molar-refractivity contribution in [2.24, 2.45) is 0 Å². The SMILES string of the molecule is Cc1c(Cl)ncnc1Sc1nnc2n1CCCCC2. The van der Waals surface area contributed by atoms with Crippen molar-refractivity contribution in [1.82, 2.24) is 24.7 Å². The number of aromatic nitrogens is 5. The van der Waals surface area contributed by atoms with Crippen molar-refractivity contribution in [3.05, 3.63) is 22.9 Å². The summed E-state index contributed by atoms with van der Waals surface area (Å²) in [4.78, 5) is 8.24. The summed E-state index contributed by atoms with van der Waals surface area (Å²) in [6.45, 7) is 2.91. The molecule has 2 aromatic heterocycles. The van der Waals surface area contributed by atoms with Crippen molar-refractivity contribution in [1.29, 1.82) is 0 Å². The normalized spacial score (nSPS) is 15.1. The average Bonchev–Trinajstić information content (AvgIpc) is 2.63. The van der Waals surface area contributed by atoms with Crippen molar-refractivity contribution in [2.45, 2.75) is 49.3 Å². The van der Waals surface area contributed by atoms with Gasteiger partial charge in [0.15, 0.2) is 5.16 Å². The van der Waals surface area contributed by atoms with E-state index < -0.39 is 0 Å². The van der Waals surface area contributed by atoms with Crippen molar-refractivity contribution < 1.29 is 0 Å². The quantitative estimate of drug-likeness (QED) is 0.797. The van der Waals surface area contributed by atoms with Crippen LogP contribution in [0.25, 0.3) is 0 Å². The molecule has 5 nitrogen and oxygen atoms in total. The molecule has 100 valence electrons. The molecule has 0 radical (unpaired) electrons. The summed E-state index contributed by atoms with van der Waals surface area (Å²) in [5.41, 5.74) is 0.889. The van der Waals surface area contributed by atoms with E-state index in [-0.39, 0.29) is 0 Å². The number of fused-ring (bicyclic) bond motifs is 1. The highest BCUT2D eigenvalue weighted by Crippen LogP contribution is 2.30. The molecule has 0 bridgehead atoms. The van der Waals surface area contributed by atoms with Gasteiger partial charge in [-0.25, -0.2) is 9.97 Å². The maximum absolute atomic E-state index is 6.02. The molecular formula is C12H14ClN5S. The minimum absolute atomic E-state index is 0.494. The Balaban J connectivity index is 1.91. The van der Waals surface area contributed by atoms with Crippen LogP contribution >= 0.6 is 23.4 Å². The van der Waals surface area contributed by atoms with Crippen LogP contribution in [-0.2, 0) is 13.0 Å². The molecule has 0 atom stereocenters. The number of halogens is 1. The number of aryl methyl sites for hydroxylation is 1. The molecule has 19 heavy (non-hydrogen) atoms. The van der Waals surface area contributed by atoms with E-state index in [1.54, 1.807) is 0 Å². The summed E-state index contributed by atoms with van der Waals surface area (Å²) in [5, 5.41) is 10.8. The highest BCUT2D eigenvalue weighted by Gasteiger charge is 2.17. The Morgan fingerprint density at radius 1 is 1.21 bits per heavy atom. The minimum Gasteiger partial charge on any atom is -0.306 e. The van der Waals surface area contributed by atoms with Crippen LogP contribution in [0.2, 0.25) is 5.15 Å². The highest BCUT2D eigenvalue weighted by molar-refractivity contribution is 7.99. The van der Waals surface area contributed by atoms with E-state index in [4.69, 9.17) is 11.6 Å². The number of hydrogen-bond donors (Lipinski definition) is 0. The van der Waals surface area contributed by atoms with E-state index in [0.717, 1.165) is 34.5 Å². The van der Waals surface area contributed by atoms with Crippen molar-refractivity contribution in [3.63, 3.8) is 0 Å². The molecule has 3 heterocycles. The average molecular weight is 296 g/mol. The lowest BCUT2D eigenvalue weighted by molar-refractivity contribution is 0.590. The van der Waals surface area contributed by atoms with E-state index in [2.05, 4.69) is 24.7 Å². The van der Waals surface area contributed by atoms with E-state index in [1.807, 2.05) is 6.92 Å². The van der Waals surface area contributed by atoms with Crippen LogP contribution in [0.5, 0.6) is 0 Å². The van der Waals surface area contributed by atoms with Gasteiger partial charge < -0.3 is 4.57 Å². The van der Waals surface area contributed by atoms with E-state index >= 15 is 0 Å². The Morgan fingerprint density at radius 3 is 3.00 bits per heavy atom. The number of rotatable bonds is 2. The second-order valence-electron chi connectivity index (χ2n) is 4.56.